The minimum atomic E-state index is -0.0398. The molecule has 2 heterocycles. The van der Waals surface area contributed by atoms with E-state index in [1.165, 1.54) is 0 Å². The Bertz CT molecular complexity index is 699. The van der Waals surface area contributed by atoms with E-state index in [0.29, 0.717) is 18.5 Å². The van der Waals surface area contributed by atoms with Crippen molar-refractivity contribution in [2.45, 2.75) is 12.8 Å². The van der Waals surface area contributed by atoms with Crippen molar-refractivity contribution in [3.8, 4) is 11.5 Å². The summed E-state index contributed by atoms with van der Waals surface area (Å²) in [5, 5.41) is 2.85. The SMILES string of the molecule is CN(C)c1ccc(NC(=O)CCc2ccc3c(c2)OCO3)cn1. The van der Waals surface area contributed by atoms with Crippen LogP contribution in [0.2, 0.25) is 0 Å². The number of ether oxygens (including phenoxy) is 2. The third-order valence-corrected chi connectivity index (χ3v) is 3.57. The minimum absolute atomic E-state index is 0.0398. The van der Waals surface area contributed by atoms with Gasteiger partial charge in [-0.05, 0) is 36.2 Å². The van der Waals surface area contributed by atoms with Crippen molar-refractivity contribution in [1.29, 1.82) is 0 Å². The van der Waals surface area contributed by atoms with Crippen LogP contribution in [0.5, 0.6) is 11.5 Å². The smallest absolute Gasteiger partial charge is 0.231 e. The van der Waals surface area contributed by atoms with Crippen molar-refractivity contribution in [2.75, 3.05) is 31.1 Å². The highest BCUT2D eigenvalue weighted by atomic mass is 16.7. The summed E-state index contributed by atoms with van der Waals surface area (Å²) in [6.07, 6.45) is 2.70. The first-order chi connectivity index (χ1) is 11.1. The Kier molecular flexibility index (Phi) is 4.32. The molecule has 0 bridgehead atoms. The predicted octanol–water partition coefficient (Wildman–Crippen LogP) is 2.45. The summed E-state index contributed by atoms with van der Waals surface area (Å²) < 4.78 is 10.6. The lowest BCUT2D eigenvalue weighted by Gasteiger charge is -2.11. The number of aryl methyl sites for hydroxylation is 1. The maximum Gasteiger partial charge on any atom is 0.231 e. The van der Waals surface area contributed by atoms with Crippen molar-refractivity contribution < 1.29 is 14.3 Å². The van der Waals surface area contributed by atoms with Gasteiger partial charge < -0.3 is 19.7 Å². The molecular weight excluding hydrogens is 294 g/mol. The summed E-state index contributed by atoms with van der Waals surface area (Å²) in [6.45, 7) is 0.259. The molecule has 1 aliphatic rings. The van der Waals surface area contributed by atoms with Crippen molar-refractivity contribution in [1.82, 2.24) is 4.98 Å². The molecule has 0 radical (unpaired) electrons. The van der Waals surface area contributed by atoms with Crippen molar-refractivity contribution in [3.05, 3.63) is 42.1 Å². The van der Waals surface area contributed by atoms with Gasteiger partial charge in [0.05, 0.1) is 11.9 Å². The molecule has 0 unspecified atom stereocenters. The van der Waals surface area contributed by atoms with Crippen LogP contribution >= 0.6 is 0 Å². The number of hydrogen-bond donors (Lipinski definition) is 1. The number of nitrogens with one attached hydrogen (secondary N) is 1. The molecule has 2 aromatic rings. The third kappa shape index (κ3) is 3.71. The molecule has 120 valence electrons. The first-order valence-electron chi connectivity index (χ1n) is 7.43. The van der Waals surface area contributed by atoms with Crippen LogP contribution in [0.15, 0.2) is 36.5 Å². The fourth-order valence-electron chi connectivity index (χ4n) is 2.30. The van der Waals surface area contributed by atoms with Crippen LogP contribution in [0.4, 0.5) is 11.5 Å². The molecule has 23 heavy (non-hydrogen) atoms. The normalized spacial score (nSPS) is 12.1. The molecule has 0 aliphatic carbocycles. The van der Waals surface area contributed by atoms with Crippen molar-refractivity contribution in [3.63, 3.8) is 0 Å². The van der Waals surface area contributed by atoms with Gasteiger partial charge in [-0.25, -0.2) is 4.98 Å². The second-order valence-corrected chi connectivity index (χ2v) is 5.54. The Morgan fingerprint density at radius 3 is 2.78 bits per heavy atom. The van der Waals surface area contributed by atoms with Gasteiger partial charge in [-0.1, -0.05) is 6.07 Å². The Balaban J connectivity index is 1.53. The maximum atomic E-state index is 12.0. The molecule has 1 aromatic heterocycles. The number of fused-ring (bicyclic) bond motifs is 1. The van der Waals surface area contributed by atoms with Crippen LogP contribution in [0.1, 0.15) is 12.0 Å². The van der Waals surface area contributed by atoms with Gasteiger partial charge in [-0.15, -0.1) is 0 Å². The van der Waals surface area contributed by atoms with Crippen LogP contribution in [0.25, 0.3) is 0 Å². The molecule has 3 rings (SSSR count). The van der Waals surface area contributed by atoms with E-state index < -0.39 is 0 Å². The molecule has 1 aromatic carbocycles. The predicted molar refractivity (Wildman–Crippen MR) is 88.1 cm³/mol. The second-order valence-electron chi connectivity index (χ2n) is 5.54. The van der Waals surface area contributed by atoms with E-state index >= 15 is 0 Å². The van der Waals surface area contributed by atoms with Crippen LogP contribution in [0, 0.1) is 0 Å². The average Bonchev–Trinajstić information content (AvgIpc) is 3.01. The highest BCUT2D eigenvalue weighted by Gasteiger charge is 2.13. The van der Waals surface area contributed by atoms with Gasteiger partial charge in [0.15, 0.2) is 11.5 Å². The summed E-state index contributed by atoms with van der Waals surface area (Å²) >= 11 is 0. The summed E-state index contributed by atoms with van der Waals surface area (Å²) in [5.74, 6) is 2.31. The van der Waals surface area contributed by atoms with E-state index in [-0.39, 0.29) is 12.7 Å². The number of anilines is 2. The molecule has 1 aliphatic heterocycles. The molecule has 0 saturated heterocycles. The average molecular weight is 313 g/mol. The van der Waals surface area contributed by atoms with Crippen LogP contribution in [-0.2, 0) is 11.2 Å². The number of benzene rings is 1. The Morgan fingerprint density at radius 1 is 1.22 bits per heavy atom. The molecule has 6 nitrogen and oxygen atoms in total. The van der Waals surface area contributed by atoms with E-state index in [2.05, 4.69) is 10.3 Å². The van der Waals surface area contributed by atoms with Crippen LogP contribution in [-0.4, -0.2) is 31.8 Å². The van der Waals surface area contributed by atoms with Gasteiger partial charge in [0, 0.05) is 20.5 Å². The fraction of sp³-hybridized carbons (Fsp3) is 0.294. The summed E-state index contributed by atoms with van der Waals surface area (Å²) in [4.78, 5) is 18.2. The van der Waals surface area contributed by atoms with Gasteiger partial charge in [0.1, 0.15) is 5.82 Å². The van der Waals surface area contributed by atoms with Gasteiger partial charge in [0.2, 0.25) is 12.7 Å². The lowest BCUT2D eigenvalue weighted by Crippen LogP contribution is -2.14. The lowest BCUT2D eigenvalue weighted by molar-refractivity contribution is -0.116. The first-order valence-corrected chi connectivity index (χ1v) is 7.43. The maximum absolute atomic E-state index is 12.0. The van der Waals surface area contributed by atoms with Gasteiger partial charge in [-0.2, -0.15) is 0 Å². The molecule has 0 atom stereocenters. The van der Waals surface area contributed by atoms with Gasteiger partial charge in [0.25, 0.3) is 0 Å². The van der Waals surface area contributed by atoms with Gasteiger partial charge >= 0.3 is 0 Å². The third-order valence-electron chi connectivity index (χ3n) is 3.57. The number of pyridine rings is 1. The molecule has 0 fully saturated rings. The number of carbonyl (C=O) groups is 1. The number of carbonyl (C=O) groups excluding carboxylic acids is 1. The quantitative estimate of drug-likeness (QED) is 0.918. The fourth-order valence-corrected chi connectivity index (χ4v) is 2.30. The van der Waals surface area contributed by atoms with E-state index in [4.69, 9.17) is 9.47 Å². The number of aromatic nitrogens is 1. The molecule has 1 amide bonds. The number of amides is 1. The zero-order valence-corrected chi connectivity index (χ0v) is 13.2. The molecule has 1 N–H and O–H groups in total. The van der Waals surface area contributed by atoms with Crippen LogP contribution < -0.4 is 19.7 Å². The van der Waals surface area contributed by atoms with E-state index in [1.54, 1.807) is 6.20 Å². The molecule has 0 saturated carbocycles. The zero-order chi connectivity index (χ0) is 16.2. The zero-order valence-electron chi connectivity index (χ0n) is 13.2. The Labute approximate surface area is 135 Å². The number of nitrogens with zero attached hydrogens (tertiary/aromatic N) is 2. The second kappa shape index (κ2) is 6.56. The number of rotatable bonds is 5. The van der Waals surface area contributed by atoms with E-state index in [9.17, 15) is 4.79 Å². The summed E-state index contributed by atoms with van der Waals surface area (Å²) in [6, 6.07) is 9.46. The summed E-state index contributed by atoms with van der Waals surface area (Å²) in [5.41, 5.74) is 1.75. The standard InChI is InChI=1S/C17H19N3O3/c1-20(2)16-7-5-13(10-18-16)19-17(21)8-4-12-3-6-14-15(9-12)23-11-22-14/h3,5-7,9-10H,4,8,11H2,1-2H3,(H,19,21). The lowest BCUT2D eigenvalue weighted by atomic mass is 10.1. The molecule has 0 spiro atoms. The highest BCUT2D eigenvalue weighted by Crippen LogP contribution is 2.32. The summed E-state index contributed by atoms with van der Waals surface area (Å²) in [7, 11) is 3.85. The van der Waals surface area contributed by atoms with Crippen LogP contribution in [0.3, 0.4) is 0 Å². The molecular formula is C17H19N3O3. The minimum Gasteiger partial charge on any atom is -0.454 e. The first kappa shape index (κ1) is 15.1. The monoisotopic (exact) mass is 313 g/mol. The van der Waals surface area contributed by atoms with E-state index in [0.717, 1.165) is 22.9 Å². The van der Waals surface area contributed by atoms with Crippen molar-refractivity contribution >= 4 is 17.4 Å². The van der Waals surface area contributed by atoms with Gasteiger partial charge in [-0.3, -0.25) is 4.79 Å². The number of hydrogen-bond acceptors (Lipinski definition) is 5. The highest BCUT2D eigenvalue weighted by molar-refractivity contribution is 5.90. The Hall–Kier alpha value is -2.76. The Morgan fingerprint density at radius 2 is 2.04 bits per heavy atom. The topological polar surface area (TPSA) is 63.7 Å². The van der Waals surface area contributed by atoms with Crippen molar-refractivity contribution in [2.24, 2.45) is 0 Å². The molecule has 6 heteroatoms. The van der Waals surface area contributed by atoms with E-state index in [1.807, 2.05) is 49.3 Å². The largest absolute Gasteiger partial charge is 0.454 e.